The van der Waals surface area contributed by atoms with Gasteiger partial charge < -0.3 is 19.8 Å². The highest BCUT2D eigenvalue weighted by molar-refractivity contribution is 5.79. The monoisotopic (exact) mass is 377 g/mol. The van der Waals surface area contributed by atoms with Gasteiger partial charge in [-0.2, -0.15) is 0 Å². The van der Waals surface area contributed by atoms with Gasteiger partial charge in [0.25, 0.3) is 0 Å². The van der Waals surface area contributed by atoms with E-state index in [0.29, 0.717) is 13.0 Å². The van der Waals surface area contributed by atoms with Crippen LogP contribution in [0, 0.1) is 6.92 Å². The molecule has 6 heteroatoms. The summed E-state index contributed by atoms with van der Waals surface area (Å²) in [5.74, 6) is 2.31. The number of hydrogen-bond donors (Lipinski definition) is 1. The van der Waals surface area contributed by atoms with Gasteiger partial charge in [-0.05, 0) is 67.6 Å². The van der Waals surface area contributed by atoms with Gasteiger partial charge in [-0.1, -0.05) is 12.1 Å². The third-order valence-electron chi connectivity index (χ3n) is 5.11. The van der Waals surface area contributed by atoms with Crippen molar-refractivity contribution in [3.63, 3.8) is 0 Å². The molecule has 1 saturated heterocycles. The van der Waals surface area contributed by atoms with Crippen LogP contribution in [0.15, 0.2) is 60.9 Å². The van der Waals surface area contributed by atoms with Crippen molar-refractivity contribution in [3.05, 3.63) is 72.3 Å². The second kappa shape index (κ2) is 7.86. The topological polar surface area (TPSA) is 79.4 Å². The van der Waals surface area contributed by atoms with Crippen LogP contribution in [-0.2, 0) is 9.53 Å². The Morgan fingerprint density at radius 2 is 2.04 bits per heavy atom. The predicted octanol–water partition coefficient (Wildman–Crippen LogP) is 3.72. The molecule has 1 aromatic heterocycles. The first-order chi connectivity index (χ1) is 13.6. The van der Waals surface area contributed by atoms with E-state index in [1.165, 1.54) is 0 Å². The van der Waals surface area contributed by atoms with Gasteiger partial charge in [-0.15, -0.1) is 0 Å². The summed E-state index contributed by atoms with van der Waals surface area (Å²) < 4.78 is 13.5. The lowest BCUT2D eigenvalue weighted by atomic mass is 9.88. The smallest absolute Gasteiger partial charge is 0.246 e. The van der Waals surface area contributed by atoms with Crippen molar-refractivity contribution < 1.29 is 14.3 Å². The van der Waals surface area contributed by atoms with E-state index in [2.05, 4.69) is 11.1 Å². The van der Waals surface area contributed by atoms with Crippen molar-refractivity contribution in [1.29, 1.82) is 0 Å². The van der Waals surface area contributed by atoms with Crippen LogP contribution in [0.1, 0.15) is 30.1 Å². The van der Waals surface area contributed by atoms with Gasteiger partial charge in [-0.25, -0.2) is 4.98 Å². The first-order valence-electron chi connectivity index (χ1n) is 9.39. The normalized spacial score (nSPS) is 19.3. The van der Waals surface area contributed by atoms with Gasteiger partial charge in [0.2, 0.25) is 5.91 Å². The minimum absolute atomic E-state index is 0.237. The van der Waals surface area contributed by atoms with E-state index in [4.69, 9.17) is 15.2 Å². The zero-order valence-electron chi connectivity index (χ0n) is 15.7. The van der Waals surface area contributed by atoms with E-state index in [-0.39, 0.29) is 5.92 Å². The number of imidazole rings is 1. The Morgan fingerprint density at radius 3 is 2.75 bits per heavy atom. The lowest BCUT2D eigenvalue weighted by Gasteiger charge is -2.28. The molecular weight excluding hydrogens is 354 g/mol. The minimum atomic E-state index is -0.512. The number of nitrogens with two attached hydrogens (primary N) is 1. The number of nitrogens with zero attached hydrogens (tertiary/aromatic N) is 2. The maximum Gasteiger partial charge on any atom is 0.246 e. The number of rotatable bonds is 5. The number of primary amides is 1. The summed E-state index contributed by atoms with van der Waals surface area (Å²) in [4.78, 5) is 15.7. The molecule has 1 aliphatic heterocycles. The average Bonchev–Trinajstić information content (AvgIpc) is 3.15. The van der Waals surface area contributed by atoms with Crippen molar-refractivity contribution in [3.8, 4) is 17.2 Å². The quantitative estimate of drug-likeness (QED) is 0.735. The fourth-order valence-electron chi connectivity index (χ4n) is 3.59. The summed E-state index contributed by atoms with van der Waals surface area (Å²) in [6, 6.07) is 15.9. The second-order valence-electron chi connectivity index (χ2n) is 7.00. The van der Waals surface area contributed by atoms with Gasteiger partial charge in [-0.3, -0.25) is 4.79 Å². The van der Waals surface area contributed by atoms with E-state index in [0.717, 1.165) is 35.0 Å². The van der Waals surface area contributed by atoms with Crippen molar-refractivity contribution in [2.75, 3.05) is 6.61 Å². The largest absolute Gasteiger partial charge is 0.457 e. The zero-order valence-corrected chi connectivity index (χ0v) is 15.7. The van der Waals surface area contributed by atoms with E-state index in [1.54, 1.807) is 6.20 Å². The Balaban J connectivity index is 1.48. The molecule has 1 fully saturated rings. The lowest BCUT2D eigenvalue weighted by Crippen LogP contribution is -2.36. The first-order valence-corrected chi connectivity index (χ1v) is 9.39. The highest BCUT2D eigenvalue weighted by Gasteiger charge is 2.27. The molecule has 0 radical (unpaired) electrons. The third-order valence-corrected chi connectivity index (χ3v) is 5.11. The summed E-state index contributed by atoms with van der Waals surface area (Å²) in [6.45, 7) is 2.51. The fourth-order valence-corrected chi connectivity index (χ4v) is 3.59. The summed E-state index contributed by atoms with van der Waals surface area (Å²) >= 11 is 0. The highest BCUT2D eigenvalue weighted by Crippen LogP contribution is 2.33. The maximum absolute atomic E-state index is 11.4. The summed E-state index contributed by atoms with van der Waals surface area (Å²) in [5.41, 5.74) is 7.58. The van der Waals surface area contributed by atoms with Crippen molar-refractivity contribution in [1.82, 2.24) is 9.55 Å². The van der Waals surface area contributed by atoms with Crippen LogP contribution in [0.4, 0.5) is 0 Å². The molecule has 0 bridgehead atoms. The SMILES string of the molecule is Cc1nccn1-c1ccc(Oc2cccc(C3CCOC(C(N)=O)C3)c2)cc1. The fraction of sp³-hybridized carbons (Fsp3) is 0.273. The molecule has 6 nitrogen and oxygen atoms in total. The van der Waals surface area contributed by atoms with E-state index < -0.39 is 12.0 Å². The van der Waals surface area contributed by atoms with Crippen molar-refractivity contribution in [2.45, 2.75) is 31.8 Å². The van der Waals surface area contributed by atoms with Crippen LogP contribution in [0.5, 0.6) is 11.5 Å². The Bertz CT molecular complexity index is 965. The number of benzene rings is 2. The molecule has 2 N–H and O–H groups in total. The number of aromatic nitrogens is 2. The third kappa shape index (κ3) is 3.92. The minimum Gasteiger partial charge on any atom is -0.457 e. The molecule has 144 valence electrons. The van der Waals surface area contributed by atoms with Gasteiger partial charge in [0.15, 0.2) is 0 Å². The van der Waals surface area contributed by atoms with Crippen LogP contribution in [0.25, 0.3) is 5.69 Å². The Hall–Kier alpha value is -3.12. The summed E-state index contributed by atoms with van der Waals surface area (Å²) in [6.07, 6.45) is 4.68. The average molecular weight is 377 g/mol. The van der Waals surface area contributed by atoms with Gasteiger partial charge in [0, 0.05) is 24.7 Å². The Labute approximate surface area is 163 Å². The van der Waals surface area contributed by atoms with E-state index in [1.807, 2.05) is 60.2 Å². The second-order valence-corrected chi connectivity index (χ2v) is 7.00. The Morgan fingerprint density at radius 1 is 1.21 bits per heavy atom. The molecule has 0 spiro atoms. The van der Waals surface area contributed by atoms with Gasteiger partial charge in [0.05, 0.1) is 0 Å². The predicted molar refractivity (Wildman–Crippen MR) is 106 cm³/mol. The lowest BCUT2D eigenvalue weighted by molar-refractivity contribution is -0.132. The molecule has 1 aliphatic rings. The standard InChI is InChI=1S/C22H23N3O3/c1-15-24-10-11-25(15)18-5-7-19(8-6-18)28-20-4-2-3-16(13-20)17-9-12-27-21(14-17)22(23)26/h2-8,10-11,13,17,21H,9,12,14H2,1H3,(H2,23,26). The number of amides is 1. The van der Waals surface area contributed by atoms with Crippen LogP contribution < -0.4 is 10.5 Å². The molecule has 2 aromatic carbocycles. The number of carbonyl (C=O) groups excluding carboxylic acids is 1. The van der Waals surface area contributed by atoms with Crippen LogP contribution in [0.3, 0.4) is 0 Å². The number of aryl methyl sites for hydroxylation is 1. The number of ether oxygens (including phenoxy) is 2. The van der Waals surface area contributed by atoms with E-state index in [9.17, 15) is 4.79 Å². The molecule has 2 unspecified atom stereocenters. The molecule has 0 saturated carbocycles. The summed E-state index contributed by atoms with van der Waals surface area (Å²) in [5, 5.41) is 0. The zero-order chi connectivity index (χ0) is 19.5. The molecule has 28 heavy (non-hydrogen) atoms. The molecule has 4 rings (SSSR count). The molecule has 0 aliphatic carbocycles. The highest BCUT2D eigenvalue weighted by atomic mass is 16.5. The molecule has 1 amide bonds. The van der Waals surface area contributed by atoms with Crippen molar-refractivity contribution >= 4 is 5.91 Å². The number of carbonyl (C=O) groups is 1. The van der Waals surface area contributed by atoms with E-state index >= 15 is 0 Å². The van der Waals surface area contributed by atoms with Gasteiger partial charge >= 0.3 is 0 Å². The Kier molecular flexibility index (Phi) is 5.12. The van der Waals surface area contributed by atoms with Crippen LogP contribution in [0.2, 0.25) is 0 Å². The van der Waals surface area contributed by atoms with Gasteiger partial charge in [0.1, 0.15) is 23.4 Å². The number of hydrogen-bond acceptors (Lipinski definition) is 4. The summed E-state index contributed by atoms with van der Waals surface area (Å²) in [7, 11) is 0. The first kappa shape index (κ1) is 18.3. The molecule has 2 atom stereocenters. The van der Waals surface area contributed by atoms with Crippen molar-refractivity contribution in [2.24, 2.45) is 5.73 Å². The molecule has 2 heterocycles. The maximum atomic E-state index is 11.4. The molecular formula is C22H23N3O3. The van der Waals surface area contributed by atoms with Crippen LogP contribution in [-0.4, -0.2) is 28.2 Å². The molecule has 3 aromatic rings. The van der Waals surface area contributed by atoms with Crippen LogP contribution >= 0.6 is 0 Å².